The van der Waals surface area contributed by atoms with E-state index >= 15 is 0 Å². The molecule has 8 N–H and O–H groups in total. The molecule has 0 spiro atoms. The summed E-state index contributed by atoms with van der Waals surface area (Å²) >= 11 is 0. The highest BCUT2D eigenvalue weighted by atomic mass is 16.3. The Morgan fingerprint density at radius 1 is 0.564 bits per heavy atom. The van der Waals surface area contributed by atoms with E-state index in [2.05, 4.69) is 0 Å². The first kappa shape index (κ1) is 37.6. The van der Waals surface area contributed by atoms with E-state index in [1.165, 1.54) is 0 Å². The maximum absolute atomic E-state index is 11.0. The second-order valence-corrected chi connectivity index (χ2v) is 10.7. The molecule has 7 unspecified atom stereocenters. The number of allylic oxidation sites excluding steroid dienone is 1. The van der Waals surface area contributed by atoms with Gasteiger partial charge in [-0.15, -0.1) is 0 Å². The van der Waals surface area contributed by atoms with Crippen LogP contribution in [0.5, 0.6) is 0 Å². The lowest BCUT2D eigenvalue weighted by molar-refractivity contribution is 0.0295. The lowest BCUT2D eigenvalue weighted by Gasteiger charge is -2.28. The molecule has 0 bridgehead atoms. The average molecular weight is 557 g/mol. The fourth-order valence-electron chi connectivity index (χ4n) is 4.62. The minimum atomic E-state index is -0.824. The molecule has 228 valence electrons. The van der Waals surface area contributed by atoms with Gasteiger partial charge >= 0.3 is 0 Å². The van der Waals surface area contributed by atoms with Crippen molar-refractivity contribution in [2.75, 3.05) is 26.4 Å². The molecule has 8 heteroatoms. The van der Waals surface area contributed by atoms with Gasteiger partial charge in [0.2, 0.25) is 0 Å². The normalized spacial score (nSPS) is 19.1. The third-order valence-electron chi connectivity index (χ3n) is 7.46. The highest BCUT2D eigenvalue weighted by Crippen LogP contribution is 2.28. The first-order valence-electron chi connectivity index (χ1n) is 14.5. The van der Waals surface area contributed by atoms with Gasteiger partial charge in [-0.25, -0.2) is 0 Å². The number of rotatable bonds is 24. The molecule has 0 aliphatic heterocycles. The maximum Gasteiger partial charge on any atom is 0.0617 e. The van der Waals surface area contributed by atoms with E-state index in [1.54, 1.807) is 49.5 Å². The van der Waals surface area contributed by atoms with Crippen molar-refractivity contribution in [3.05, 3.63) is 48.6 Å². The molecule has 0 aliphatic rings. The van der Waals surface area contributed by atoms with Gasteiger partial charge in [0.15, 0.2) is 0 Å². The Balaban J connectivity index is 5.21. The minimum absolute atomic E-state index is 0.00774. The van der Waals surface area contributed by atoms with E-state index in [0.717, 1.165) is 12.8 Å². The van der Waals surface area contributed by atoms with Gasteiger partial charge in [0.25, 0.3) is 0 Å². The standard InChI is InChI=1S/C31H56O8/c1-3-31(2,39)20-19-27(13-10-24-35)30(38)18-16-26(12-9-23-34)29(37)17-15-25(11-8-22-33)28(36)14-6-4-5-7-21-32/h5,7-13,25-30,32-39H,3-4,6,14-24H2,1-2H3/b7-5-,11-8-,12-9-,13-10-. The van der Waals surface area contributed by atoms with E-state index < -0.39 is 23.9 Å². The largest absolute Gasteiger partial charge is 0.393 e. The summed E-state index contributed by atoms with van der Waals surface area (Å²) in [6.07, 6.45) is 17.0. The summed E-state index contributed by atoms with van der Waals surface area (Å²) in [5, 5.41) is 79.6. The van der Waals surface area contributed by atoms with Gasteiger partial charge < -0.3 is 40.9 Å². The molecule has 7 atom stereocenters. The van der Waals surface area contributed by atoms with Crippen LogP contribution in [0, 0.1) is 17.8 Å². The molecule has 0 saturated carbocycles. The summed E-state index contributed by atoms with van der Waals surface area (Å²) in [4.78, 5) is 0. The van der Waals surface area contributed by atoms with E-state index in [4.69, 9.17) is 5.11 Å². The van der Waals surface area contributed by atoms with Crippen molar-refractivity contribution in [2.45, 2.75) is 102 Å². The summed E-state index contributed by atoms with van der Waals surface area (Å²) in [5.74, 6) is -0.789. The van der Waals surface area contributed by atoms with Crippen LogP contribution in [-0.4, -0.2) is 91.2 Å². The van der Waals surface area contributed by atoms with Crippen molar-refractivity contribution in [2.24, 2.45) is 17.8 Å². The van der Waals surface area contributed by atoms with Crippen LogP contribution in [0.3, 0.4) is 0 Å². The van der Waals surface area contributed by atoms with Crippen LogP contribution >= 0.6 is 0 Å². The van der Waals surface area contributed by atoms with Crippen LogP contribution in [0.2, 0.25) is 0 Å². The topological polar surface area (TPSA) is 162 Å². The van der Waals surface area contributed by atoms with Gasteiger partial charge in [-0.2, -0.15) is 0 Å². The molecule has 0 rings (SSSR count). The van der Waals surface area contributed by atoms with Gasteiger partial charge in [0.05, 0.1) is 50.3 Å². The lowest BCUT2D eigenvalue weighted by Crippen LogP contribution is -2.28. The SMILES string of the molecule is CCC(C)(O)CCC(/C=C\CO)C(O)CCC(/C=C\CO)C(O)CCC(/C=C\CO)C(O)CCC/C=C\CO. The van der Waals surface area contributed by atoms with Crippen molar-refractivity contribution < 1.29 is 40.9 Å². The number of aliphatic hydroxyl groups excluding tert-OH is 7. The Labute approximate surface area is 235 Å². The molecular formula is C31H56O8. The van der Waals surface area contributed by atoms with Crippen LogP contribution in [0.4, 0.5) is 0 Å². The van der Waals surface area contributed by atoms with Crippen LogP contribution in [-0.2, 0) is 0 Å². The van der Waals surface area contributed by atoms with E-state index in [-0.39, 0.29) is 44.2 Å². The third-order valence-corrected chi connectivity index (χ3v) is 7.46. The fourth-order valence-corrected chi connectivity index (χ4v) is 4.62. The van der Waals surface area contributed by atoms with Crippen LogP contribution in [0.15, 0.2) is 48.6 Å². The summed E-state index contributed by atoms with van der Waals surface area (Å²) in [7, 11) is 0. The van der Waals surface area contributed by atoms with Gasteiger partial charge in [-0.05, 0) is 71.1 Å². The number of unbranched alkanes of at least 4 members (excludes halogenated alkanes) is 1. The van der Waals surface area contributed by atoms with Crippen LogP contribution in [0.1, 0.15) is 78.1 Å². The molecule has 0 amide bonds. The molecule has 0 aromatic heterocycles. The molecule has 0 saturated heterocycles. The summed E-state index contributed by atoms with van der Waals surface area (Å²) in [6.45, 7) is 3.24. The highest BCUT2D eigenvalue weighted by molar-refractivity contribution is 4.97. The van der Waals surface area contributed by atoms with E-state index in [9.17, 15) is 35.7 Å². The van der Waals surface area contributed by atoms with Gasteiger partial charge in [-0.3, -0.25) is 0 Å². The molecule has 0 heterocycles. The van der Waals surface area contributed by atoms with Crippen LogP contribution in [0.25, 0.3) is 0 Å². The number of hydrogen-bond acceptors (Lipinski definition) is 8. The zero-order chi connectivity index (χ0) is 29.5. The van der Waals surface area contributed by atoms with Crippen molar-refractivity contribution in [3.63, 3.8) is 0 Å². The van der Waals surface area contributed by atoms with Crippen LogP contribution < -0.4 is 0 Å². The summed E-state index contributed by atoms with van der Waals surface area (Å²) < 4.78 is 0. The Morgan fingerprint density at radius 3 is 1.38 bits per heavy atom. The molecule has 8 nitrogen and oxygen atoms in total. The molecule has 0 aromatic carbocycles. The van der Waals surface area contributed by atoms with Gasteiger partial charge in [0, 0.05) is 17.8 Å². The second-order valence-electron chi connectivity index (χ2n) is 10.7. The third kappa shape index (κ3) is 18.6. The molecule has 0 aliphatic carbocycles. The van der Waals surface area contributed by atoms with Crippen molar-refractivity contribution in [3.8, 4) is 0 Å². The molecule has 0 aromatic rings. The van der Waals surface area contributed by atoms with E-state index in [1.807, 2.05) is 13.0 Å². The molecule has 0 fully saturated rings. The summed E-state index contributed by atoms with van der Waals surface area (Å²) in [6, 6.07) is 0. The highest BCUT2D eigenvalue weighted by Gasteiger charge is 2.26. The molecular weight excluding hydrogens is 500 g/mol. The summed E-state index contributed by atoms with van der Waals surface area (Å²) in [5.41, 5.74) is -0.824. The first-order chi connectivity index (χ1) is 18.6. The number of hydrogen-bond donors (Lipinski definition) is 8. The monoisotopic (exact) mass is 556 g/mol. The molecule has 39 heavy (non-hydrogen) atoms. The Morgan fingerprint density at radius 2 is 0.974 bits per heavy atom. The average Bonchev–Trinajstić information content (AvgIpc) is 2.92. The van der Waals surface area contributed by atoms with Crippen molar-refractivity contribution in [1.82, 2.24) is 0 Å². The van der Waals surface area contributed by atoms with Gasteiger partial charge in [-0.1, -0.05) is 55.5 Å². The second kappa shape index (κ2) is 23.4. The van der Waals surface area contributed by atoms with E-state index in [0.29, 0.717) is 51.4 Å². The predicted octanol–water partition coefficient (Wildman–Crippen LogP) is 2.78. The first-order valence-corrected chi connectivity index (χ1v) is 14.5. The quantitative estimate of drug-likeness (QED) is 0.0665. The Kier molecular flexibility index (Phi) is 22.5. The lowest BCUT2D eigenvalue weighted by atomic mass is 9.84. The molecule has 0 radical (unpaired) electrons. The Bertz CT molecular complexity index is 688. The zero-order valence-electron chi connectivity index (χ0n) is 24.1. The Hall–Kier alpha value is -1.36. The zero-order valence-corrected chi connectivity index (χ0v) is 24.1. The van der Waals surface area contributed by atoms with Crippen molar-refractivity contribution in [1.29, 1.82) is 0 Å². The predicted molar refractivity (Wildman–Crippen MR) is 156 cm³/mol. The van der Waals surface area contributed by atoms with Gasteiger partial charge in [0.1, 0.15) is 0 Å². The smallest absolute Gasteiger partial charge is 0.0617 e. The number of aliphatic hydroxyl groups is 8. The minimum Gasteiger partial charge on any atom is -0.393 e. The maximum atomic E-state index is 11.0. The van der Waals surface area contributed by atoms with Crippen molar-refractivity contribution >= 4 is 0 Å². The fraction of sp³-hybridized carbons (Fsp3) is 0.742.